The SMILES string of the molecule is COc1nc2c(NC3CCN(c4ccncc4)CC3)c3c(nc2cc1COCCN1CCC(C)C1)CCCCC3. The normalized spacial score (nSPS) is 20.4. The van der Waals surface area contributed by atoms with E-state index in [2.05, 4.69) is 45.2 Å². The third-order valence-corrected chi connectivity index (χ3v) is 8.91. The Morgan fingerprint density at radius 1 is 1.00 bits per heavy atom. The molecule has 214 valence electrons. The average Bonchev–Trinajstić information content (AvgIpc) is 3.26. The summed E-state index contributed by atoms with van der Waals surface area (Å²) < 4.78 is 11.9. The minimum absolute atomic E-state index is 0.403. The van der Waals surface area contributed by atoms with Crippen LogP contribution in [0, 0.1) is 5.92 Å². The summed E-state index contributed by atoms with van der Waals surface area (Å²) in [5, 5.41) is 3.98. The van der Waals surface area contributed by atoms with Crippen molar-refractivity contribution in [3.8, 4) is 5.88 Å². The van der Waals surface area contributed by atoms with Gasteiger partial charge in [-0.05, 0) is 81.2 Å². The molecule has 1 unspecified atom stereocenters. The van der Waals surface area contributed by atoms with Crippen molar-refractivity contribution >= 4 is 22.4 Å². The van der Waals surface area contributed by atoms with Crippen LogP contribution in [0.3, 0.4) is 0 Å². The molecule has 0 bridgehead atoms. The van der Waals surface area contributed by atoms with Gasteiger partial charge in [0.25, 0.3) is 0 Å². The Balaban J connectivity index is 1.21. The van der Waals surface area contributed by atoms with Gasteiger partial charge in [0, 0.05) is 61.6 Å². The van der Waals surface area contributed by atoms with Crippen LogP contribution in [0.15, 0.2) is 30.6 Å². The number of anilines is 2. The van der Waals surface area contributed by atoms with Gasteiger partial charge in [0.05, 0.1) is 31.5 Å². The smallest absolute Gasteiger partial charge is 0.219 e. The van der Waals surface area contributed by atoms with E-state index in [0.29, 0.717) is 18.5 Å². The maximum Gasteiger partial charge on any atom is 0.219 e. The van der Waals surface area contributed by atoms with Crippen molar-refractivity contribution in [3.05, 3.63) is 47.4 Å². The minimum Gasteiger partial charge on any atom is -0.481 e. The summed E-state index contributed by atoms with van der Waals surface area (Å²) in [5.41, 5.74) is 7.89. The molecule has 2 fully saturated rings. The van der Waals surface area contributed by atoms with Gasteiger partial charge in [-0.1, -0.05) is 13.3 Å². The number of rotatable bonds is 9. The molecule has 3 aromatic rings. The molecule has 5 heterocycles. The first-order valence-corrected chi connectivity index (χ1v) is 15.3. The Kier molecular flexibility index (Phi) is 8.63. The molecule has 2 aliphatic heterocycles. The zero-order valence-corrected chi connectivity index (χ0v) is 24.2. The molecule has 1 aliphatic carbocycles. The summed E-state index contributed by atoms with van der Waals surface area (Å²) in [6.45, 7) is 8.93. The number of hydrogen-bond acceptors (Lipinski definition) is 8. The Morgan fingerprint density at radius 2 is 1.82 bits per heavy atom. The molecule has 1 atom stereocenters. The largest absolute Gasteiger partial charge is 0.481 e. The first-order chi connectivity index (χ1) is 19.7. The van der Waals surface area contributed by atoms with Crippen LogP contribution in [0.1, 0.15) is 62.3 Å². The third-order valence-electron chi connectivity index (χ3n) is 8.91. The van der Waals surface area contributed by atoms with Crippen molar-refractivity contribution in [2.75, 3.05) is 56.7 Å². The van der Waals surface area contributed by atoms with E-state index >= 15 is 0 Å². The van der Waals surface area contributed by atoms with Crippen LogP contribution in [0.5, 0.6) is 5.88 Å². The highest BCUT2D eigenvalue weighted by molar-refractivity contribution is 5.91. The summed E-state index contributed by atoms with van der Waals surface area (Å²) in [7, 11) is 1.71. The van der Waals surface area contributed by atoms with E-state index in [4.69, 9.17) is 19.4 Å². The maximum absolute atomic E-state index is 6.13. The number of hydrogen-bond donors (Lipinski definition) is 1. The Morgan fingerprint density at radius 3 is 2.60 bits per heavy atom. The molecule has 0 radical (unpaired) electrons. The van der Waals surface area contributed by atoms with Crippen molar-refractivity contribution in [3.63, 3.8) is 0 Å². The lowest BCUT2D eigenvalue weighted by atomic mass is 10.00. The fraction of sp³-hybridized carbons (Fsp3) is 0.594. The minimum atomic E-state index is 0.403. The molecule has 3 aliphatic rings. The highest BCUT2D eigenvalue weighted by Crippen LogP contribution is 2.36. The lowest BCUT2D eigenvalue weighted by molar-refractivity contribution is 0.0967. The zero-order valence-electron chi connectivity index (χ0n) is 24.2. The van der Waals surface area contributed by atoms with Crippen LogP contribution in [0.2, 0.25) is 0 Å². The van der Waals surface area contributed by atoms with E-state index in [9.17, 15) is 0 Å². The number of aryl methyl sites for hydroxylation is 1. The van der Waals surface area contributed by atoms with Crippen LogP contribution in [0.25, 0.3) is 11.0 Å². The second-order valence-corrected chi connectivity index (χ2v) is 11.9. The molecule has 40 heavy (non-hydrogen) atoms. The van der Waals surface area contributed by atoms with Gasteiger partial charge in [0.2, 0.25) is 5.88 Å². The molecule has 6 rings (SSSR count). The van der Waals surface area contributed by atoms with Crippen molar-refractivity contribution in [2.24, 2.45) is 5.92 Å². The lowest BCUT2D eigenvalue weighted by Gasteiger charge is -2.35. The quantitative estimate of drug-likeness (QED) is 0.290. The predicted molar refractivity (Wildman–Crippen MR) is 160 cm³/mol. The Hall–Kier alpha value is -2.97. The molecular weight excluding hydrogens is 500 g/mol. The van der Waals surface area contributed by atoms with Crippen LogP contribution in [-0.2, 0) is 24.2 Å². The van der Waals surface area contributed by atoms with E-state index in [1.165, 1.54) is 61.4 Å². The second kappa shape index (κ2) is 12.7. The number of aromatic nitrogens is 3. The number of methoxy groups -OCH3 is 1. The number of pyridine rings is 3. The van der Waals surface area contributed by atoms with Crippen LogP contribution >= 0.6 is 0 Å². The summed E-state index contributed by atoms with van der Waals surface area (Å²) in [6.07, 6.45) is 13.0. The number of nitrogens with zero attached hydrogens (tertiary/aromatic N) is 5. The average molecular weight is 545 g/mol. The topological polar surface area (TPSA) is 75.6 Å². The standard InChI is InChI=1S/C32H44N6O2/c1-23-10-15-37(21-23)18-19-40-22-24-20-29-31(36-32(24)39-2)30(27-6-4-3-5-7-28(27)35-29)34-25-11-16-38(17-12-25)26-8-13-33-14-9-26/h8-9,13-14,20,23,25H,3-7,10-12,15-19,21-22H2,1-2H3,(H,34,35). The molecule has 0 aromatic carbocycles. The summed E-state index contributed by atoms with van der Waals surface area (Å²) in [5.74, 6) is 1.44. The highest BCUT2D eigenvalue weighted by atomic mass is 16.5. The van der Waals surface area contributed by atoms with Gasteiger partial charge in [-0.25, -0.2) is 4.98 Å². The summed E-state index contributed by atoms with van der Waals surface area (Å²) >= 11 is 0. The van der Waals surface area contributed by atoms with E-state index in [-0.39, 0.29) is 0 Å². The highest BCUT2D eigenvalue weighted by Gasteiger charge is 2.25. The number of piperidine rings is 1. The number of ether oxygens (including phenoxy) is 2. The Labute approximate surface area is 238 Å². The van der Waals surface area contributed by atoms with Gasteiger partial charge >= 0.3 is 0 Å². The summed E-state index contributed by atoms with van der Waals surface area (Å²) in [6, 6.07) is 6.77. The zero-order chi connectivity index (χ0) is 27.3. The first kappa shape index (κ1) is 27.2. The molecule has 8 nitrogen and oxygen atoms in total. The molecule has 0 spiro atoms. The van der Waals surface area contributed by atoms with Crippen molar-refractivity contribution in [1.82, 2.24) is 19.9 Å². The van der Waals surface area contributed by atoms with Crippen molar-refractivity contribution in [2.45, 2.75) is 70.9 Å². The van der Waals surface area contributed by atoms with Gasteiger partial charge in [-0.2, -0.15) is 0 Å². The Bertz CT molecular complexity index is 1280. The first-order valence-electron chi connectivity index (χ1n) is 15.3. The van der Waals surface area contributed by atoms with Gasteiger partial charge in [0.15, 0.2) is 0 Å². The predicted octanol–water partition coefficient (Wildman–Crippen LogP) is 5.24. The third kappa shape index (κ3) is 6.18. The molecular formula is C32H44N6O2. The van der Waals surface area contributed by atoms with E-state index in [0.717, 1.165) is 74.4 Å². The number of nitrogens with one attached hydrogen (secondary N) is 1. The van der Waals surface area contributed by atoms with E-state index in [1.807, 2.05) is 12.4 Å². The monoisotopic (exact) mass is 544 g/mol. The number of fused-ring (bicyclic) bond motifs is 2. The van der Waals surface area contributed by atoms with Crippen LogP contribution in [0.4, 0.5) is 11.4 Å². The molecule has 8 heteroatoms. The number of likely N-dealkylation sites (tertiary alicyclic amines) is 1. The van der Waals surface area contributed by atoms with Gasteiger partial charge < -0.3 is 24.6 Å². The lowest BCUT2D eigenvalue weighted by Crippen LogP contribution is -2.39. The van der Waals surface area contributed by atoms with E-state index in [1.54, 1.807) is 7.11 Å². The van der Waals surface area contributed by atoms with Gasteiger partial charge in [0.1, 0.15) is 5.52 Å². The van der Waals surface area contributed by atoms with Crippen LogP contribution in [-0.4, -0.2) is 72.3 Å². The van der Waals surface area contributed by atoms with Crippen LogP contribution < -0.4 is 15.0 Å². The van der Waals surface area contributed by atoms with Crippen molar-refractivity contribution in [1.29, 1.82) is 0 Å². The molecule has 1 N–H and O–H groups in total. The maximum atomic E-state index is 6.13. The fourth-order valence-electron chi connectivity index (χ4n) is 6.62. The molecule has 3 aromatic heterocycles. The fourth-order valence-corrected chi connectivity index (χ4v) is 6.62. The summed E-state index contributed by atoms with van der Waals surface area (Å²) in [4.78, 5) is 19.4. The van der Waals surface area contributed by atoms with Crippen molar-refractivity contribution < 1.29 is 9.47 Å². The molecule has 0 saturated carbocycles. The van der Waals surface area contributed by atoms with Gasteiger partial charge in [-0.3, -0.25) is 9.97 Å². The molecule has 2 saturated heterocycles. The molecule has 0 amide bonds. The van der Waals surface area contributed by atoms with E-state index < -0.39 is 0 Å². The van der Waals surface area contributed by atoms with Gasteiger partial charge in [-0.15, -0.1) is 0 Å². The second-order valence-electron chi connectivity index (χ2n) is 11.9.